The molecule has 0 aromatic heterocycles. The van der Waals surface area contributed by atoms with Gasteiger partial charge in [0.1, 0.15) is 0 Å². The van der Waals surface area contributed by atoms with Crippen molar-refractivity contribution < 1.29 is 9.47 Å². The van der Waals surface area contributed by atoms with Gasteiger partial charge in [0.25, 0.3) is 0 Å². The SMILES string of the molecule is C=C1CCCC2(C1)OCCO2. The Kier molecular flexibility index (Phi) is 1.74. The van der Waals surface area contributed by atoms with Crippen LogP contribution in [-0.4, -0.2) is 19.0 Å². The van der Waals surface area contributed by atoms with Crippen LogP contribution in [0.25, 0.3) is 0 Å². The molecule has 2 nitrogen and oxygen atoms in total. The van der Waals surface area contributed by atoms with E-state index in [9.17, 15) is 0 Å². The topological polar surface area (TPSA) is 18.5 Å². The number of hydrogen-bond acceptors (Lipinski definition) is 2. The zero-order chi connectivity index (χ0) is 7.73. The summed E-state index contributed by atoms with van der Waals surface area (Å²) in [5, 5.41) is 0. The summed E-state index contributed by atoms with van der Waals surface area (Å²) in [6, 6.07) is 0. The van der Waals surface area contributed by atoms with Crippen LogP contribution < -0.4 is 0 Å². The molecule has 0 aromatic rings. The van der Waals surface area contributed by atoms with Gasteiger partial charge in [-0.3, -0.25) is 0 Å². The highest BCUT2D eigenvalue weighted by molar-refractivity contribution is 5.03. The zero-order valence-corrected chi connectivity index (χ0v) is 6.77. The maximum atomic E-state index is 5.57. The molecule has 1 aliphatic heterocycles. The summed E-state index contributed by atoms with van der Waals surface area (Å²) in [5.41, 5.74) is 1.28. The quantitative estimate of drug-likeness (QED) is 0.496. The fourth-order valence-corrected chi connectivity index (χ4v) is 1.91. The van der Waals surface area contributed by atoms with Gasteiger partial charge in [-0.15, -0.1) is 0 Å². The second kappa shape index (κ2) is 2.61. The summed E-state index contributed by atoms with van der Waals surface area (Å²) in [6.07, 6.45) is 4.27. The molecule has 0 bridgehead atoms. The van der Waals surface area contributed by atoms with Crippen molar-refractivity contribution in [3.8, 4) is 0 Å². The normalized spacial score (nSPS) is 29.6. The Morgan fingerprint density at radius 3 is 2.64 bits per heavy atom. The highest BCUT2D eigenvalue weighted by Crippen LogP contribution is 2.37. The average Bonchev–Trinajstić information content (AvgIpc) is 2.37. The first-order valence-corrected chi connectivity index (χ1v) is 4.25. The molecule has 11 heavy (non-hydrogen) atoms. The van der Waals surface area contributed by atoms with Crippen molar-refractivity contribution in [2.24, 2.45) is 0 Å². The summed E-state index contributed by atoms with van der Waals surface area (Å²) in [4.78, 5) is 0. The molecule has 0 radical (unpaired) electrons. The Labute approximate surface area is 67.2 Å². The van der Waals surface area contributed by atoms with E-state index in [2.05, 4.69) is 6.58 Å². The van der Waals surface area contributed by atoms with Crippen molar-refractivity contribution >= 4 is 0 Å². The molecule has 2 rings (SSSR count). The van der Waals surface area contributed by atoms with E-state index in [1.54, 1.807) is 0 Å². The average molecular weight is 154 g/mol. The fraction of sp³-hybridized carbons (Fsp3) is 0.778. The van der Waals surface area contributed by atoms with E-state index in [0.29, 0.717) is 0 Å². The number of ether oxygens (including phenoxy) is 2. The predicted molar refractivity (Wildman–Crippen MR) is 42.2 cm³/mol. The van der Waals surface area contributed by atoms with Gasteiger partial charge in [-0.05, 0) is 12.8 Å². The van der Waals surface area contributed by atoms with Crippen molar-refractivity contribution in [2.45, 2.75) is 31.5 Å². The molecule has 1 spiro atoms. The standard InChI is InChI=1S/C9H14O2/c1-8-3-2-4-9(7-8)10-5-6-11-9/h1-7H2. The molecule has 1 heterocycles. The van der Waals surface area contributed by atoms with Crippen molar-refractivity contribution in [3.63, 3.8) is 0 Å². The Hall–Kier alpha value is -0.340. The van der Waals surface area contributed by atoms with E-state index in [1.807, 2.05) is 0 Å². The molecular formula is C9H14O2. The molecule has 2 aliphatic rings. The minimum atomic E-state index is -0.255. The molecule has 2 fully saturated rings. The van der Waals surface area contributed by atoms with E-state index in [4.69, 9.17) is 9.47 Å². The highest BCUT2D eigenvalue weighted by Gasteiger charge is 2.38. The first kappa shape index (κ1) is 7.32. The number of rotatable bonds is 0. The van der Waals surface area contributed by atoms with Crippen molar-refractivity contribution in [3.05, 3.63) is 12.2 Å². The predicted octanol–water partition coefficient (Wildman–Crippen LogP) is 1.86. The van der Waals surface area contributed by atoms with E-state index < -0.39 is 0 Å². The van der Waals surface area contributed by atoms with E-state index >= 15 is 0 Å². The Morgan fingerprint density at radius 2 is 2.00 bits per heavy atom. The van der Waals surface area contributed by atoms with Gasteiger partial charge in [0.15, 0.2) is 5.79 Å². The largest absolute Gasteiger partial charge is 0.347 e. The van der Waals surface area contributed by atoms with E-state index in [0.717, 1.165) is 32.5 Å². The van der Waals surface area contributed by atoms with Crippen LogP contribution in [0, 0.1) is 0 Å². The summed E-state index contributed by atoms with van der Waals surface area (Å²) in [7, 11) is 0. The molecule has 0 amide bonds. The summed E-state index contributed by atoms with van der Waals surface area (Å²) < 4.78 is 11.1. The van der Waals surface area contributed by atoms with Crippen LogP contribution in [0.5, 0.6) is 0 Å². The molecule has 1 saturated carbocycles. The molecule has 0 unspecified atom stereocenters. The summed E-state index contributed by atoms with van der Waals surface area (Å²) in [5.74, 6) is -0.255. The van der Waals surface area contributed by atoms with Crippen molar-refractivity contribution in [1.82, 2.24) is 0 Å². The minimum Gasteiger partial charge on any atom is -0.347 e. The Morgan fingerprint density at radius 1 is 1.27 bits per heavy atom. The second-order valence-electron chi connectivity index (χ2n) is 3.39. The maximum absolute atomic E-state index is 5.57. The Balaban J connectivity index is 2.05. The minimum absolute atomic E-state index is 0.255. The highest BCUT2D eigenvalue weighted by atomic mass is 16.7. The lowest BCUT2D eigenvalue weighted by Gasteiger charge is -2.32. The molecule has 1 aliphatic carbocycles. The zero-order valence-electron chi connectivity index (χ0n) is 6.77. The molecule has 0 atom stereocenters. The van der Waals surface area contributed by atoms with Crippen LogP contribution in [-0.2, 0) is 9.47 Å². The van der Waals surface area contributed by atoms with Crippen molar-refractivity contribution in [2.75, 3.05) is 13.2 Å². The van der Waals surface area contributed by atoms with Gasteiger partial charge in [-0.2, -0.15) is 0 Å². The third kappa shape index (κ3) is 1.33. The molecule has 1 saturated heterocycles. The van der Waals surface area contributed by atoms with Gasteiger partial charge >= 0.3 is 0 Å². The Bertz CT molecular complexity index is 168. The molecule has 0 aromatic carbocycles. The lowest BCUT2D eigenvalue weighted by molar-refractivity contribution is -0.167. The van der Waals surface area contributed by atoms with Gasteiger partial charge in [0.2, 0.25) is 0 Å². The van der Waals surface area contributed by atoms with Gasteiger partial charge in [0, 0.05) is 12.8 Å². The maximum Gasteiger partial charge on any atom is 0.172 e. The lowest BCUT2D eigenvalue weighted by atomic mass is 9.91. The van der Waals surface area contributed by atoms with Gasteiger partial charge in [-0.1, -0.05) is 12.2 Å². The second-order valence-corrected chi connectivity index (χ2v) is 3.39. The van der Waals surface area contributed by atoms with E-state index in [1.165, 1.54) is 12.0 Å². The fourth-order valence-electron chi connectivity index (χ4n) is 1.91. The van der Waals surface area contributed by atoms with Crippen LogP contribution in [0.4, 0.5) is 0 Å². The first-order valence-electron chi connectivity index (χ1n) is 4.25. The van der Waals surface area contributed by atoms with Gasteiger partial charge in [0.05, 0.1) is 13.2 Å². The van der Waals surface area contributed by atoms with E-state index in [-0.39, 0.29) is 5.79 Å². The molecule has 62 valence electrons. The van der Waals surface area contributed by atoms with Crippen LogP contribution in [0.1, 0.15) is 25.7 Å². The van der Waals surface area contributed by atoms with Crippen LogP contribution >= 0.6 is 0 Å². The summed E-state index contributed by atoms with van der Waals surface area (Å²) in [6.45, 7) is 5.49. The first-order chi connectivity index (χ1) is 5.31. The lowest BCUT2D eigenvalue weighted by Crippen LogP contribution is -2.33. The summed E-state index contributed by atoms with van der Waals surface area (Å²) >= 11 is 0. The van der Waals surface area contributed by atoms with Crippen LogP contribution in [0.2, 0.25) is 0 Å². The van der Waals surface area contributed by atoms with Crippen molar-refractivity contribution in [1.29, 1.82) is 0 Å². The molecular weight excluding hydrogens is 140 g/mol. The van der Waals surface area contributed by atoms with Gasteiger partial charge in [-0.25, -0.2) is 0 Å². The molecule has 2 heteroatoms. The van der Waals surface area contributed by atoms with Crippen LogP contribution in [0.15, 0.2) is 12.2 Å². The third-order valence-electron chi connectivity index (χ3n) is 2.42. The smallest absolute Gasteiger partial charge is 0.172 e. The van der Waals surface area contributed by atoms with Gasteiger partial charge < -0.3 is 9.47 Å². The third-order valence-corrected chi connectivity index (χ3v) is 2.42. The number of hydrogen-bond donors (Lipinski definition) is 0. The molecule has 0 N–H and O–H groups in total. The van der Waals surface area contributed by atoms with Crippen LogP contribution in [0.3, 0.4) is 0 Å². The monoisotopic (exact) mass is 154 g/mol.